The number of aromatic amines is 1. The number of carbonyl (C=O) groups is 2. The molecule has 0 saturated heterocycles. The van der Waals surface area contributed by atoms with Crippen LogP contribution < -0.4 is 10.9 Å². The smallest absolute Gasteiger partial charge is 0.340 e. The van der Waals surface area contributed by atoms with E-state index in [0.717, 1.165) is 36.9 Å². The van der Waals surface area contributed by atoms with E-state index in [1.165, 1.54) is 11.8 Å². The zero-order chi connectivity index (χ0) is 21.1. The first-order valence-electron chi connectivity index (χ1n) is 9.76. The minimum absolute atomic E-state index is 0.0753. The molecule has 0 atom stereocenters. The average Bonchev–Trinajstić information content (AvgIpc) is 3.16. The van der Waals surface area contributed by atoms with Gasteiger partial charge in [0.15, 0.2) is 5.16 Å². The Labute approximate surface area is 176 Å². The second kappa shape index (κ2) is 8.70. The molecular weight excluding hydrogens is 406 g/mol. The van der Waals surface area contributed by atoms with Gasteiger partial charge in [0.1, 0.15) is 0 Å². The molecule has 9 nitrogen and oxygen atoms in total. The van der Waals surface area contributed by atoms with Crippen molar-refractivity contribution in [3.63, 3.8) is 0 Å². The predicted octanol–water partition coefficient (Wildman–Crippen LogP) is 2.20. The van der Waals surface area contributed by atoms with Gasteiger partial charge in [-0.05, 0) is 44.7 Å². The molecule has 1 aliphatic carbocycles. The Hall–Kier alpha value is -3.14. The standard InChI is InChI=1S/C20H21N5O4S/c1-2-29-18(28)12-7-3-5-9-14(12)21-16(26)11-30-20-24-23-19-22-17(27)13-8-4-6-10-15(13)25(19)20/h3,5,7,9H,2,4,6,8,10-11H2,1H3,(H,21,26)(H,22,23,27). The molecule has 0 spiro atoms. The van der Waals surface area contributed by atoms with Gasteiger partial charge in [0.05, 0.1) is 23.6 Å². The summed E-state index contributed by atoms with van der Waals surface area (Å²) in [5.74, 6) is -0.311. The lowest BCUT2D eigenvalue weighted by Crippen LogP contribution is -2.23. The number of hydrogen-bond acceptors (Lipinski definition) is 7. The monoisotopic (exact) mass is 427 g/mol. The highest BCUT2D eigenvalue weighted by atomic mass is 32.2. The number of fused-ring (bicyclic) bond motifs is 3. The van der Waals surface area contributed by atoms with E-state index >= 15 is 0 Å². The number of nitrogens with zero attached hydrogens (tertiary/aromatic N) is 3. The molecule has 10 heteroatoms. The molecule has 4 rings (SSSR count). The molecule has 0 bridgehead atoms. The van der Waals surface area contributed by atoms with Crippen LogP contribution in [-0.2, 0) is 22.4 Å². The predicted molar refractivity (Wildman–Crippen MR) is 112 cm³/mol. The largest absolute Gasteiger partial charge is 0.462 e. The van der Waals surface area contributed by atoms with E-state index in [1.54, 1.807) is 31.2 Å². The Morgan fingerprint density at radius 3 is 2.87 bits per heavy atom. The van der Waals surface area contributed by atoms with Crippen molar-refractivity contribution < 1.29 is 14.3 Å². The highest BCUT2D eigenvalue weighted by molar-refractivity contribution is 7.99. The second-order valence-electron chi connectivity index (χ2n) is 6.83. The van der Waals surface area contributed by atoms with Gasteiger partial charge in [-0.2, -0.15) is 0 Å². The highest BCUT2D eigenvalue weighted by Gasteiger charge is 2.21. The van der Waals surface area contributed by atoms with Crippen LogP contribution in [0, 0.1) is 0 Å². The molecule has 156 valence electrons. The Morgan fingerprint density at radius 2 is 2.03 bits per heavy atom. The van der Waals surface area contributed by atoms with Crippen LogP contribution in [0.5, 0.6) is 0 Å². The van der Waals surface area contributed by atoms with Crippen molar-refractivity contribution >= 4 is 35.1 Å². The fourth-order valence-corrected chi connectivity index (χ4v) is 4.30. The summed E-state index contributed by atoms with van der Waals surface area (Å²) in [6, 6.07) is 6.71. The van der Waals surface area contributed by atoms with Crippen molar-refractivity contribution in [3.05, 3.63) is 51.4 Å². The topological polar surface area (TPSA) is 118 Å². The molecule has 0 aliphatic heterocycles. The fraction of sp³-hybridized carbons (Fsp3) is 0.350. The SMILES string of the molecule is CCOC(=O)c1ccccc1NC(=O)CSc1nnc2[nH]c(=O)c3c(n12)CCCC3. The Balaban J connectivity index is 1.51. The summed E-state index contributed by atoms with van der Waals surface area (Å²) >= 11 is 1.23. The van der Waals surface area contributed by atoms with Gasteiger partial charge in [-0.3, -0.25) is 19.0 Å². The summed E-state index contributed by atoms with van der Waals surface area (Å²) in [6.45, 7) is 1.98. The maximum absolute atomic E-state index is 12.5. The second-order valence-corrected chi connectivity index (χ2v) is 7.77. The van der Waals surface area contributed by atoms with Crippen LogP contribution in [0.25, 0.3) is 5.78 Å². The molecule has 1 amide bonds. The maximum atomic E-state index is 12.5. The van der Waals surface area contributed by atoms with Gasteiger partial charge in [-0.15, -0.1) is 10.2 Å². The maximum Gasteiger partial charge on any atom is 0.340 e. The summed E-state index contributed by atoms with van der Waals surface area (Å²) in [6.07, 6.45) is 3.49. The number of ether oxygens (including phenoxy) is 1. The third kappa shape index (κ3) is 3.95. The number of esters is 1. The number of aryl methyl sites for hydroxylation is 1. The molecule has 30 heavy (non-hydrogen) atoms. The first-order chi connectivity index (χ1) is 14.6. The van der Waals surface area contributed by atoms with E-state index in [9.17, 15) is 14.4 Å². The molecule has 0 unspecified atom stereocenters. The molecule has 2 aromatic heterocycles. The van der Waals surface area contributed by atoms with Crippen molar-refractivity contribution in [3.8, 4) is 0 Å². The lowest BCUT2D eigenvalue weighted by atomic mass is 9.97. The normalized spacial score (nSPS) is 13.1. The number of amides is 1. The van der Waals surface area contributed by atoms with E-state index in [1.807, 2.05) is 4.40 Å². The molecular formula is C20H21N5O4S. The van der Waals surface area contributed by atoms with Gasteiger partial charge < -0.3 is 10.1 Å². The molecule has 1 aromatic carbocycles. The number of carbonyl (C=O) groups excluding carboxylic acids is 2. The summed E-state index contributed by atoms with van der Waals surface area (Å²) in [7, 11) is 0. The summed E-state index contributed by atoms with van der Waals surface area (Å²) in [5, 5.41) is 11.5. The minimum Gasteiger partial charge on any atom is -0.462 e. The number of aromatic nitrogens is 4. The molecule has 0 saturated carbocycles. The van der Waals surface area contributed by atoms with Crippen LogP contribution in [0.4, 0.5) is 5.69 Å². The number of benzene rings is 1. The van der Waals surface area contributed by atoms with Crippen LogP contribution in [0.1, 0.15) is 41.4 Å². The molecule has 1 aliphatic rings. The number of rotatable bonds is 6. The Morgan fingerprint density at radius 1 is 1.23 bits per heavy atom. The van der Waals surface area contributed by atoms with Crippen LogP contribution in [0.15, 0.2) is 34.2 Å². The van der Waals surface area contributed by atoms with Gasteiger partial charge in [0, 0.05) is 11.3 Å². The third-order valence-corrected chi connectivity index (χ3v) is 5.80. The first kappa shape index (κ1) is 20.1. The van der Waals surface area contributed by atoms with Crippen LogP contribution >= 0.6 is 11.8 Å². The van der Waals surface area contributed by atoms with E-state index in [4.69, 9.17) is 4.74 Å². The highest BCUT2D eigenvalue weighted by Crippen LogP contribution is 2.24. The number of thioether (sulfide) groups is 1. The minimum atomic E-state index is -0.486. The quantitative estimate of drug-likeness (QED) is 0.457. The van der Waals surface area contributed by atoms with Gasteiger partial charge in [-0.1, -0.05) is 23.9 Å². The fourth-order valence-electron chi connectivity index (χ4n) is 3.54. The number of para-hydroxylation sites is 1. The van der Waals surface area contributed by atoms with Gasteiger partial charge in [0.2, 0.25) is 11.7 Å². The van der Waals surface area contributed by atoms with E-state index in [0.29, 0.717) is 22.2 Å². The van der Waals surface area contributed by atoms with Crippen LogP contribution in [0.3, 0.4) is 0 Å². The van der Waals surface area contributed by atoms with E-state index in [2.05, 4.69) is 20.5 Å². The van der Waals surface area contributed by atoms with Gasteiger partial charge >= 0.3 is 5.97 Å². The van der Waals surface area contributed by atoms with Crippen LogP contribution in [-0.4, -0.2) is 43.8 Å². The summed E-state index contributed by atoms with van der Waals surface area (Å²) in [5.41, 5.74) is 2.27. The van der Waals surface area contributed by atoms with E-state index < -0.39 is 5.97 Å². The number of anilines is 1. The molecule has 3 aromatic rings. The van der Waals surface area contributed by atoms with Gasteiger partial charge in [-0.25, -0.2) is 4.79 Å². The van der Waals surface area contributed by atoms with Crippen molar-refractivity contribution in [1.82, 2.24) is 19.6 Å². The van der Waals surface area contributed by atoms with Crippen molar-refractivity contribution in [1.29, 1.82) is 0 Å². The molecule has 2 N–H and O–H groups in total. The molecule has 0 radical (unpaired) electrons. The Kier molecular flexibility index (Phi) is 5.84. The molecule has 2 heterocycles. The van der Waals surface area contributed by atoms with Gasteiger partial charge in [0.25, 0.3) is 5.56 Å². The van der Waals surface area contributed by atoms with Crippen molar-refractivity contribution in [2.24, 2.45) is 0 Å². The first-order valence-corrected chi connectivity index (χ1v) is 10.7. The van der Waals surface area contributed by atoms with Crippen molar-refractivity contribution in [2.45, 2.75) is 37.8 Å². The lowest BCUT2D eigenvalue weighted by Gasteiger charge is -2.16. The molecule has 0 fully saturated rings. The summed E-state index contributed by atoms with van der Waals surface area (Å²) < 4.78 is 6.87. The Bertz CT molecular complexity index is 1170. The zero-order valence-electron chi connectivity index (χ0n) is 16.4. The zero-order valence-corrected chi connectivity index (χ0v) is 17.3. The number of hydrogen-bond donors (Lipinski definition) is 2. The van der Waals surface area contributed by atoms with Crippen LogP contribution in [0.2, 0.25) is 0 Å². The van der Waals surface area contributed by atoms with Crippen molar-refractivity contribution in [2.75, 3.05) is 17.7 Å². The summed E-state index contributed by atoms with van der Waals surface area (Å²) in [4.78, 5) is 39.6. The average molecular weight is 427 g/mol. The number of nitrogens with one attached hydrogen (secondary N) is 2. The lowest BCUT2D eigenvalue weighted by molar-refractivity contribution is -0.113. The number of H-pyrrole nitrogens is 1. The van der Waals surface area contributed by atoms with E-state index in [-0.39, 0.29) is 23.8 Å². The third-order valence-electron chi connectivity index (χ3n) is 4.87.